The molecule has 0 saturated heterocycles. The van der Waals surface area contributed by atoms with Crippen LogP contribution in [0.15, 0.2) is 54.9 Å². The third-order valence-electron chi connectivity index (χ3n) is 3.17. The van der Waals surface area contributed by atoms with Gasteiger partial charge in [0.1, 0.15) is 5.82 Å². The van der Waals surface area contributed by atoms with E-state index in [-0.39, 0.29) is 0 Å². The highest BCUT2D eigenvalue weighted by atomic mass is 15.1. The molecule has 6 nitrogen and oxygen atoms in total. The summed E-state index contributed by atoms with van der Waals surface area (Å²) in [6, 6.07) is 15.0. The van der Waals surface area contributed by atoms with Gasteiger partial charge >= 0.3 is 0 Å². The number of pyridine rings is 1. The van der Waals surface area contributed by atoms with E-state index in [1.165, 1.54) is 0 Å². The van der Waals surface area contributed by atoms with Gasteiger partial charge in [0.05, 0.1) is 17.3 Å². The van der Waals surface area contributed by atoms with Gasteiger partial charge in [0, 0.05) is 36.8 Å². The SMILES string of the molecule is CNc1nc(Nc2cccc(C#N)c2)cc(-c2cccnc2)n1. The zero-order chi connectivity index (χ0) is 16.1. The van der Waals surface area contributed by atoms with Gasteiger partial charge < -0.3 is 10.6 Å². The molecule has 6 heteroatoms. The molecule has 23 heavy (non-hydrogen) atoms. The molecular weight excluding hydrogens is 288 g/mol. The first-order valence-electron chi connectivity index (χ1n) is 7.03. The smallest absolute Gasteiger partial charge is 0.224 e. The summed E-state index contributed by atoms with van der Waals surface area (Å²) in [5, 5.41) is 15.1. The fourth-order valence-electron chi connectivity index (χ4n) is 2.10. The summed E-state index contributed by atoms with van der Waals surface area (Å²) in [5.41, 5.74) is 3.05. The van der Waals surface area contributed by atoms with E-state index < -0.39 is 0 Å². The quantitative estimate of drug-likeness (QED) is 0.769. The summed E-state index contributed by atoms with van der Waals surface area (Å²) in [6.07, 6.45) is 3.47. The number of aromatic nitrogens is 3. The molecule has 0 atom stereocenters. The van der Waals surface area contributed by atoms with E-state index >= 15 is 0 Å². The van der Waals surface area contributed by atoms with Gasteiger partial charge in [-0.3, -0.25) is 4.98 Å². The summed E-state index contributed by atoms with van der Waals surface area (Å²) in [7, 11) is 1.77. The van der Waals surface area contributed by atoms with Crippen LogP contribution in [0.1, 0.15) is 5.56 Å². The number of hydrogen-bond acceptors (Lipinski definition) is 6. The van der Waals surface area contributed by atoms with E-state index in [0.29, 0.717) is 17.3 Å². The maximum atomic E-state index is 8.98. The maximum Gasteiger partial charge on any atom is 0.224 e. The molecule has 2 heterocycles. The Kier molecular flexibility index (Phi) is 4.11. The normalized spacial score (nSPS) is 9.91. The topological polar surface area (TPSA) is 86.5 Å². The molecule has 3 aromatic rings. The van der Waals surface area contributed by atoms with Gasteiger partial charge in [-0.1, -0.05) is 6.07 Å². The van der Waals surface area contributed by atoms with Crippen molar-refractivity contribution in [1.82, 2.24) is 15.0 Å². The lowest BCUT2D eigenvalue weighted by atomic mass is 10.2. The molecule has 0 unspecified atom stereocenters. The largest absolute Gasteiger partial charge is 0.357 e. The van der Waals surface area contributed by atoms with Crippen LogP contribution in [0.25, 0.3) is 11.3 Å². The average Bonchev–Trinajstić information content (AvgIpc) is 2.62. The molecule has 0 aliphatic carbocycles. The first-order chi connectivity index (χ1) is 11.3. The Balaban J connectivity index is 1.97. The minimum atomic E-state index is 0.505. The average molecular weight is 302 g/mol. The van der Waals surface area contributed by atoms with Crippen LogP contribution in [0.5, 0.6) is 0 Å². The third-order valence-corrected chi connectivity index (χ3v) is 3.17. The minimum Gasteiger partial charge on any atom is -0.357 e. The fourth-order valence-corrected chi connectivity index (χ4v) is 2.10. The van der Waals surface area contributed by atoms with Crippen molar-refractivity contribution in [3.63, 3.8) is 0 Å². The highest BCUT2D eigenvalue weighted by Crippen LogP contribution is 2.23. The van der Waals surface area contributed by atoms with Gasteiger partial charge in [-0.05, 0) is 30.3 Å². The summed E-state index contributed by atoms with van der Waals surface area (Å²) >= 11 is 0. The van der Waals surface area contributed by atoms with Crippen molar-refractivity contribution >= 4 is 17.5 Å². The number of anilines is 3. The lowest BCUT2D eigenvalue weighted by Gasteiger charge is -2.10. The van der Waals surface area contributed by atoms with Crippen LogP contribution in [0, 0.1) is 11.3 Å². The molecule has 0 saturated carbocycles. The molecule has 0 spiro atoms. The molecule has 0 aliphatic rings. The number of rotatable bonds is 4. The van der Waals surface area contributed by atoms with Crippen molar-refractivity contribution in [1.29, 1.82) is 5.26 Å². The molecule has 0 bridgehead atoms. The Hall–Kier alpha value is -3.46. The zero-order valence-corrected chi connectivity index (χ0v) is 12.5. The van der Waals surface area contributed by atoms with Crippen molar-refractivity contribution in [3.05, 3.63) is 60.4 Å². The second-order valence-electron chi connectivity index (χ2n) is 4.77. The summed E-state index contributed by atoms with van der Waals surface area (Å²) in [5.74, 6) is 1.14. The number of hydrogen-bond donors (Lipinski definition) is 2. The van der Waals surface area contributed by atoms with E-state index in [0.717, 1.165) is 16.9 Å². The molecule has 0 amide bonds. The van der Waals surface area contributed by atoms with Crippen molar-refractivity contribution < 1.29 is 0 Å². The standard InChI is InChI=1S/C17H14N6/c1-19-17-22-15(13-5-3-7-20-11-13)9-16(23-17)21-14-6-2-4-12(8-14)10-18/h2-9,11H,1H3,(H2,19,21,22,23). The van der Waals surface area contributed by atoms with E-state index in [2.05, 4.69) is 31.7 Å². The van der Waals surface area contributed by atoms with Crippen LogP contribution in [0.4, 0.5) is 17.5 Å². The van der Waals surface area contributed by atoms with Gasteiger partial charge in [0.2, 0.25) is 5.95 Å². The summed E-state index contributed by atoms with van der Waals surface area (Å²) < 4.78 is 0. The van der Waals surface area contributed by atoms with Crippen molar-refractivity contribution in [2.45, 2.75) is 0 Å². The van der Waals surface area contributed by atoms with Gasteiger partial charge in [-0.25, -0.2) is 4.98 Å². The molecule has 112 valence electrons. The second kappa shape index (κ2) is 6.54. The van der Waals surface area contributed by atoms with Crippen molar-refractivity contribution in [2.75, 3.05) is 17.7 Å². The molecule has 0 aliphatic heterocycles. The number of benzene rings is 1. The lowest BCUT2D eigenvalue weighted by molar-refractivity contribution is 1.15. The predicted octanol–water partition coefficient (Wildman–Crippen LogP) is 3.20. The second-order valence-corrected chi connectivity index (χ2v) is 4.77. The zero-order valence-electron chi connectivity index (χ0n) is 12.5. The number of nitriles is 1. The highest BCUT2D eigenvalue weighted by Gasteiger charge is 2.07. The van der Waals surface area contributed by atoms with Crippen LogP contribution >= 0.6 is 0 Å². The fraction of sp³-hybridized carbons (Fsp3) is 0.0588. The van der Waals surface area contributed by atoms with E-state index in [9.17, 15) is 0 Å². The number of nitrogens with zero attached hydrogens (tertiary/aromatic N) is 4. The van der Waals surface area contributed by atoms with Gasteiger partial charge in [0.25, 0.3) is 0 Å². The van der Waals surface area contributed by atoms with Crippen LogP contribution in [-0.2, 0) is 0 Å². The van der Waals surface area contributed by atoms with Crippen molar-refractivity contribution in [2.24, 2.45) is 0 Å². The van der Waals surface area contributed by atoms with Crippen molar-refractivity contribution in [3.8, 4) is 17.3 Å². The molecule has 0 radical (unpaired) electrons. The Bertz CT molecular complexity index is 854. The van der Waals surface area contributed by atoms with Crippen LogP contribution in [0.2, 0.25) is 0 Å². The molecule has 1 aromatic carbocycles. The third kappa shape index (κ3) is 3.41. The Labute approximate surface area is 133 Å². The van der Waals surface area contributed by atoms with E-state index in [1.54, 1.807) is 31.6 Å². The predicted molar refractivity (Wildman–Crippen MR) is 89.2 cm³/mol. The maximum absolute atomic E-state index is 8.98. The monoisotopic (exact) mass is 302 g/mol. The first kappa shape index (κ1) is 14.5. The first-order valence-corrected chi connectivity index (χ1v) is 7.03. The van der Waals surface area contributed by atoms with Gasteiger partial charge in [-0.2, -0.15) is 10.2 Å². The molecule has 2 N–H and O–H groups in total. The summed E-state index contributed by atoms with van der Waals surface area (Å²) in [6.45, 7) is 0. The Morgan fingerprint density at radius 2 is 2.00 bits per heavy atom. The van der Waals surface area contributed by atoms with Gasteiger partial charge in [0.15, 0.2) is 0 Å². The molecule has 0 fully saturated rings. The highest BCUT2D eigenvalue weighted by molar-refractivity contribution is 5.67. The Morgan fingerprint density at radius 1 is 1.09 bits per heavy atom. The number of nitrogens with one attached hydrogen (secondary N) is 2. The molecule has 3 rings (SSSR count). The van der Waals surface area contributed by atoms with Crippen LogP contribution in [0.3, 0.4) is 0 Å². The van der Waals surface area contributed by atoms with E-state index in [1.807, 2.05) is 30.3 Å². The molecule has 2 aromatic heterocycles. The van der Waals surface area contributed by atoms with Crippen LogP contribution in [-0.4, -0.2) is 22.0 Å². The van der Waals surface area contributed by atoms with Gasteiger partial charge in [-0.15, -0.1) is 0 Å². The lowest BCUT2D eigenvalue weighted by Crippen LogP contribution is -2.02. The molecular formula is C17H14N6. The summed E-state index contributed by atoms with van der Waals surface area (Å²) in [4.78, 5) is 13.0. The Morgan fingerprint density at radius 3 is 2.74 bits per heavy atom. The minimum absolute atomic E-state index is 0.505. The van der Waals surface area contributed by atoms with Crippen LogP contribution < -0.4 is 10.6 Å². The van der Waals surface area contributed by atoms with E-state index in [4.69, 9.17) is 5.26 Å².